The lowest BCUT2D eigenvalue weighted by Gasteiger charge is -2.34. The van der Waals surface area contributed by atoms with Crippen LogP contribution < -0.4 is 5.73 Å². The Balaban J connectivity index is 2.44. The number of hydrogen-bond donors (Lipinski definition) is 1. The molecule has 0 atom stereocenters. The van der Waals surface area contributed by atoms with Crippen LogP contribution in [0, 0.1) is 0 Å². The third-order valence-electron chi connectivity index (χ3n) is 2.96. The molecule has 15 heavy (non-hydrogen) atoms. The summed E-state index contributed by atoms with van der Waals surface area (Å²) in [6.45, 7) is 5.98. The summed E-state index contributed by atoms with van der Waals surface area (Å²) in [5.74, 6) is 0. The summed E-state index contributed by atoms with van der Waals surface area (Å²) in [5.41, 5.74) is 6.92. The quantitative estimate of drug-likeness (QED) is 0.791. The first-order chi connectivity index (χ1) is 7.06. The molecule has 84 valence electrons. The fourth-order valence-electron chi connectivity index (χ4n) is 1.29. The van der Waals surface area contributed by atoms with E-state index in [4.69, 9.17) is 5.73 Å². The highest BCUT2D eigenvalue weighted by molar-refractivity contribution is 5.04. The van der Waals surface area contributed by atoms with E-state index in [1.54, 1.807) is 0 Å². The lowest BCUT2D eigenvalue weighted by Crippen LogP contribution is -2.47. The molecule has 0 saturated heterocycles. The molecule has 3 heteroatoms. The average Bonchev–Trinajstić information content (AvgIpc) is 2.27. The van der Waals surface area contributed by atoms with E-state index in [1.807, 2.05) is 18.3 Å². The second kappa shape index (κ2) is 5.24. The molecule has 0 aliphatic rings. The summed E-state index contributed by atoms with van der Waals surface area (Å²) >= 11 is 0. The van der Waals surface area contributed by atoms with E-state index < -0.39 is 0 Å². The Morgan fingerprint density at radius 1 is 1.40 bits per heavy atom. The number of nitrogens with zero attached hydrogens (tertiary/aromatic N) is 2. The van der Waals surface area contributed by atoms with Crippen molar-refractivity contribution in [3.63, 3.8) is 0 Å². The second-order valence-corrected chi connectivity index (χ2v) is 4.51. The van der Waals surface area contributed by atoms with Crippen molar-refractivity contribution in [2.75, 3.05) is 20.1 Å². The van der Waals surface area contributed by atoms with E-state index in [9.17, 15) is 0 Å². The fraction of sp³-hybridized carbons (Fsp3) is 0.583. The number of likely N-dealkylation sites (N-methyl/N-ethyl adjacent to an activating group) is 1. The minimum atomic E-state index is 0.0643. The molecule has 1 rings (SSSR count). The van der Waals surface area contributed by atoms with E-state index in [2.05, 4.69) is 36.8 Å². The van der Waals surface area contributed by atoms with Gasteiger partial charge in [-0.3, -0.25) is 9.88 Å². The highest BCUT2D eigenvalue weighted by atomic mass is 15.2. The Kier molecular flexibility index (Phi) is 4.24. The molecule has 0 aromatic carbocycles. The van der Waals surface area contributed by atoms with Crippen LogP contribution in [0.1, 0.15) is 19.5 Å². The van der Waals surface area contributed by atoms with Crippen LogP contribution in [0.4, 0.5) is 0 Å². The maximum atomic E-state index is 5.72. The minimum Gasteiger partial charge on any atom is -0.329 e. The van der Waals surface area contributed by atoms with Crippen LogP contribution in [0.15, 0.2) is 24.4 Å². The van der Waals surface area contributed by atoms with Crippen LogP contribution in [0.2, 0.25) is 0 Å². The van der Waals surface area contributed by atoms with E-state index in [0.717, 1.165) is 18.7 Å². The summed E-state index contributed by atoms with van der Waals surface area (Å²) in [7, 11) is 2.11. The summed E-state index contributed by atoms with van der Waals surface area (Å²) in [5, 5.41) is 0. The second-order valence-electron chi connectivity index (χ2n) is 4.51. The van der Waals surface area contributed by atoms with E-state index in [1.165, 1.54) is 0 Å². The van der Waals surface area contributed by atoms with Crippen molar-refractivity contribution in [1.82, 2.24) is 9.88 Å². The van der Waals surface area contributed by atoms with Crippen LogP contribution in [0.3, 0.4) is 0 Å². The highest BCUT2D eigenvalue weighted by Crippen LogP contribution is 2.10. The molecule has 0 radical (unpaired) electrons. The Hall–Kier alpha value is -0.930. The zero-order valence-corrected chi connectivity index (χ0v) is 9.90. The number of hydrogen-bond acceptors (Lipinski definition) is 3. The van der Waals surface area contributed by atoms with Gasteiger partial charge in [0.1, 0.15) is 0 Å². The molecule has 0 amide bonds. The van der Waals surface area contributed by atoms with E-state index in [-0.39, 0.29) is 5.54 Å². The molecule has 1 aromatic heterocycles. The molecule has 1 aromatic rings. The number of pyridine rings is 1. The first-order valence-electron chi connectivity index (χ1n) is 5.37. The summed E-state index contributed by atoms with van der Waals surface area (Å²) in [6.07, 6.45) is 2.81. The first kappa shape index (κ1) is 12.1. The van der Waals surface area contributed by atoms with Gasteiger partial charge in [0, 0.05) is 36.9 Å². The Morgan fingerprint density at radius 2 is 2.13 bits per heavy atom. The van der Waals surface area contributed by atoms with E-state index >= 15 is 0 Å². The van der Waals surface area contributed by atoms with Gasteiger partial charge in [-0.15, -0.1) is 0 Å². The van der Waals surface area contributed by atoms with Gasteiger partial charge in [0.2, 0.25) is 0 Å². The Bertz CT molecular complexity index is 282. The van der Waals surface area contributed by atoms with Crippen molar-refractivity contribution in [2.24, 2.45) is 5.73 Å². The maximum Gasteiger partial charge on any atom is 0.0416 e. The molecular weight excluding hydrogens is 186 g/mol. The lowest BCUT2D eigenvalue weighted by molar-refractivity contribution is 0.165. The molecule has 3 nitrogen and oxygen atoms in total. The molecule has 0 unspecified atom stereocenters. The van der Waals surface area contributed by atoms with Gasteiger partial charge in [0.15, 0.2) is 0 Å². The van der Waals surface area contributed by atoms with Gasteiger partial charge < -0.3 is 5.73 Å². The fourth-order valence-corrected chi connectivity index (χ4v) is 1.29. The van der Waals surface area contributed by atoms with Crippen LogP contribution in [0.25, 0.3) is 0 Å². The zero-order valence-electron chi connectivity index (χ0n) is 9.90. The molecule has 0 fully saturated rings. The number of nitrogens with two attached hydrogens (primary N) is 1. The van der Waals surface area contributed by atoms with Crippen molar-refractivity contribution < 1.29 is 0 Å². The SMILES string of the molecule is CN(CCc1ccccn1)C(C)(C)CN. The lowest BCUT2D eigenvalue weighted by atomic mass is 10.0. The van der Waals surface area contributed by atoms with Crippen LogP contribution in [-0.4, -0.2) is 35.6 Å². The van der Waals surface area contributed by atoms with Crippen molar-refractivity contribution in [3.05, 3.63) is 30.1 Å². The molecule has 0 aliphatic heterocycles. The van der Waals surface area contributed by atoms with Gasteiger partial charge in [0.05, 0.1) is 0 Å². The van der Waals surface area contributed by atoms with Crippen molar-refractivity contribution in [1.29, 1.82) is 0 Å². The van der Waals surface area contributed by atoms with Crippen LogP contribution >= 0.6 is 0 Å². The van der Waals surface area contributed by atoms with Gasteiger partial charge >= 0.3 is 0 Å². The standard InChI is InChI=1S/C12H21N3/c1-12(2,10-13)15(3)9-7-11-6-4-5-8-14-11/h4-6,8H,7,9-10,13H2,1-3H3. The normalized spacial score (nSPS) is 12.1. The van der Waals surface area contributed by atoms with Crippen molar-refractivity contribution in [2.45, 2.75) is 25.8 Å². The van der Waals surface area contributed by atoms with Gasteiger partial charge in [-0.2, -0.15) is 0 Å². The van der Waals surface area contributed by atoms with Gasteiger partial charge in [-0.1, -0.05) is 6.07 Å². The van der Waals surface area contributed by atoms with Crippen molar-refractivity contribution in [3.8, 4) is 0 Å². The summed E-state index contributed by atoms with van der Waals surface area (Å²) in [6, 6.07) is 6.02. The molecule has 0 bridgehead atoms. The Morgan fingerprint density at radius 3 is 2.67 bits per heavy atom. The summed E-state index contributed by atoms with van der Waals surface area (Å²) < 4.78 is 0. The van der Waals surface area contributed by atoms with Crippen molar-refractivity contribution >= 4 is 0 Å². The van der Waals surface area contributed by atoms with Gasteiger partial charge in [-0.05, 0) is 33.0 Å². The number of rotatable bonds is 5. The molecule has 0 aliphatic carbocycles. The molecule has 1 heterocycles. The highest BCUT2D eigenvalue weighted by Gasteiger charge is 2.20. The molecular formula is C12H21N3. The number of aromatic nitrogens is 1. The average molecular weight is 207 g/mol. The van der Waals surface area contributed by atoms with E-state index in [0.29, 0.717) is 6.54 Å². The third-order valence-corrected chi connectivity index (χ3v) is 2.96. The molecule has 0 spiro atoms. The topological polar surface area (TPSA) is 42.2 Å². The first-order valence-corrected chi connectivity index (χ1v) is 5.37. The van der Waals surface area contributed by atoms with Gasteiger partial charge in [-0.25, -0.2) is 0 Å². The van der Waals surface area contributed by atoms with Gasteiger partial charge in [0.25, 0.3) is 0 Å². The maximum absolute atomic E-state index is 5.72. The molecule has 2 N–H and O–H groups in total. The third kappa shape index (κ3) is 3.61. The zero-order chi connectivity index (χ0) is 11.3. The summed E-state index contributed by atoms with van der Waals surface area (Å²) in [4.78, 5) is 6.58. The molecule has 0 saturated carbocycles. The largest absolute Gasteiger partial charge is 0.329 e. The predicted octanol–water partition coefficient (Wildman–Crippen LogP) is 1.29. The monoisotopic (exact) mass is 207 g/mol. The smallest absolute Gasteiger partial charge is 0.0416 e. The minimum absolute atomic E-state index is 0.0643. The van der Waals surface area contributed by atoms with Crippen LogP contribution in [0.5, 0.6) is 0 Å². The predicted molar refractivity (Wildman–Crippen MR) is 63.7 cm³/mol. The Labute approximate surface area is 92.3 Å². The van der Waals surface area contributed by atoms with Crippen LogP contribution in [-0.2, 0) is 6.42 Å².